The highest BCUT2D eigenvalue weighted by Gasteiger charge is 2.20. The van der Waals surface area contributed by atoms with Gasteiger partial charge in [0, 0.05) is 27.3 Å². The summed E-state index contributed by atoms with van der Waals surface area (Å²) >= 11 is 0. The summed E-state index contributed by atoms with van der Waals surface area (Å²) in [6.07, 6.45) is 0. The second-order valence-electron chi connectivity index (χ2n) is 10.3. The average Bonchev–Trinajstić information content (AvgIpc) is 3.51. The van der Waals surface area contributed by atoms with Gasteiger partial charge < -0.3 is 4.42 Å². The molecular weight excluding hydrogens is 496 g/mol. The van der Waals surface area contributed by atoms with Crippen molar-refractivity contribution >= 4 is 65.0 Å². The molecule has 0 unspecified atom stereocenters. The molecule has 41 heavy (non-hydrogen) atoms. The first-order valence-electron chi connectivity index (χ1n) is 17.0. The molecular formula is C40H24O. The molecule has 0 bridgehead atoms. The van der Waals surface area contributed by atoms with E-state index in [-0.39, 0.29) is 40.5 Å². The van der Waals surface area contributed by atoms with Crippen LogP contribution in [0, 0.1) is 0 Å². The predicted molar refractivity (Wildman–Crippen MR) is 175 cm³/mol. The van der Waals surface area contributed by atoms with Gasteiger partial charge in [-0.05, 0) is 60.9 Å². The van der Waals surface area contributed by atoms with Crippen LogP contribution in [-0.2, 0) is 0 Å². The molecule has 0 saturated heterocycles. The zero-order valence-corrected chi connectivity index (χ0v) is 21.7. The quantitative estimate of drug-likeness (QED) is 0.204. The number of para-hydroxylation sites is 1. The van der Waals surface area contributed by atoms with Crippen LogP contribution in [0.15, 0.2) is 150 Å². The first-order chi connectivity index (χ1) is 23.3. The Kier molecular flexibility index (Phi) is 3.47. The van der Waals surface area contributed by atoms with Crippen molar-refractivity contribution in [3.05, 3.63) is 145 Å². The van der Waals surface area contributed by atoms with E-state index >= 15 is 0 Å². The molecule has 0 fully saturated rings. The lowest BCUT2D eigenvalue weighted by molar-refractivity contribution is 0.674. The van der Waals surface area contributed by atoms with Crippen LogP contribution in [-0.4, -0.2) is 0 Å². The molecule has 0 aliphatic heterocycles. The molecule has 0 spiro atoms. The lowest BCUT2D eigenvalue weighted by Crippen LogP contribution is -1.91. The highest BCUT2D eigenvalue weighted by atomic mass is 16.3. The molecule has 1 aromatic heterocycles. The number of rotatable bonds is 2. The number of fused-ring (bicyclic) bond motifs is 8. The second kappa shape index (κ2) is 8.55. The van der Waals surface area contributed by atoms with Crippen LogP contribution >= 0.6 is 0 Å². The van der Waals surface area contributed by atoms with E-state index in [1.54, 1.807) is 0 Å². The van der Waals surface area contributed by atoms with E-state index in [4.69, 9.17) is 11.3 Å². The van der Waals surface area contributed by atoms with E-state index in [2.05, 4.69) is 36.4 Å². The van der Waals surface area contributed by atoms with Crippen LogP contribution in [0.2, 0.25) is 0 Å². The van der Waals surface area contributed by atoms with Crippen LogP contribution in [0.5, 0.6) is 0 Å². The fraction of sp³-hybridized carbons (Fsp3) is 0. The summed E-state index contributed by atoms with van der Waals surface area (Å²) < 4.78 is 67.9. The van der Waals surface area contributed by atoms with Gasteiger partial charge in [0.05, 0.1) is 9.60 Å². The molecule has 1 heterocycles. The van der Waals surface area contributed by atoms with Crippen molar-refractivity contribution in [1.29, 1.82) is 0 Å². The molecule has 1 nitrogen and oxygen atoms in total. The Morgan fingerprint density at radius 1 is 0.415 bits per heavy atom. The van der Waals surface area contributed by atoms with Crippen molar-refractivity contribution in [3.8, 4) is 22.3 Å². The zero-order chi connectivity index (χ0) is 33.0. The lowest BCUT2D eigenvalue weighted by Gasteiger charge is -2.18. The summed E-state index contributed by atoms with van der Waals surface area (Å²) in [7, 11) is 0. The van der Waals surface area contributed by atoms with Crippen LogP contribution in [0.3, 0.4) is 0 Å². The topological polar surface area (TPSA) is 13.1 Å². The normalized spacial score (nSPS) is 14.3. The van der Waals surface area contributed by atoms with Gasteiger partial charge in [-0.15, -0.1) is 0 Å². The van der Waals surface area contributed by atoms with Crippen LogP contribution in [0.1, 0.15) is 9.60 Å². The van der Waals surface area contributed by atoms with Crippen molar-refractivity contribution in [2.75, 3.05) is 0 Å². The average molecular weight is 528 g/mol. The first kappa shape index (κ1) is 16.6. The summed E-state index contributed by atoms with van der Waals surface area (Å²) in [4.78, 5) is 0. The predicted octanol–water partition coefficient (Wildman–Crippen LogP) is 11.5. The van der Waals surface area contributed by atoms with E-state index < -0.39 is 18.1 Å². The Morgan fingerprint density at radius 2 is 1.02 bits per heavy atom. The monoisotopic (exact) mass is 527 g/mol. The molecule has 1 heteroatoms. The molecule has 0 aliphatic carbocycles. The van der Waals surface area contributed by atoms with Gasteiger partial charge >= 0.3 is 0 Å². The lowest BCUT2D eigenvalue weighted by atomic mass is 9.85. The fourth-order valence-corrected chi connectivity index (χ4v) is 6.32. The summed E-state index contributed by atoms with van der Waals surface area (Å²) in [6.45, 7) is 0. The van der Waals surface area contributed by atoms with Crippen molar-refractivity contribution < 1.29 is 14.0 Å². The van der Waals surface area contributed by atoms with E-state index in [0.29, 0.717) is 5.56 Å². The minimum Gasteiger partial charge on any atom is -0.455 e. The third kappa shape index (κ3) is 3.24. The first-order valence-corrected chi connectivity index (χ1v) is 13.5. The molecule has 0 amide bonds. The molecule has 190 valence electrons. The maximum atomic E-state index is 9.36. The van der Waals surface area contributed by atoms with Crippen molar-refractivity contribution in [1.82, 2.24) is 0 Å². The molecule has 0 N–H and O–H groups in total. The van der Waals surface area contributed by atoms with Gasteiger partial charge in [-0.3, -0.25) is 0 Å². The summed E-state index contributed by atoms with van der Waals surface area (Å²) in [5.41, 5.74) is 4.14. The maximum absolute atomic E-state index is 9.36. The van der Waals surface area contributed by atoms with Gasteiger partial charge in [-0.1, -0.05) is 133 Å². The van der Waals surface area contributed by atoms with Crippen molar-refractivity contribution in [3.63, 3.8) is 0 Å². The number of benzene rings is 8. The van der Waals surface area contributed by atoms with Gasteiger partial charge in [0.1, 0.15) is 11.2 Å². The highest BCUT2D eigenvalue weighted by molar-refractivity contribution is 6.25. The summed E-state index contributed by atoms with van der Waals surface area (Å²) in [5, 5.41) is 7.21. The van der Waals surface area contributed by atoms with E-state index in [1.165, 1.54) is 0 Å². The minimum atomic E-state index is -0.486. The number of hydrogen-bond acceptors (Lipinski definition) is 1. The van der Waals surface area contributed by atoms with E-state index in [0.717, 1.165) is 65.4 Å². The molecule has 0 aliphatic rings. The number of hydrogen-bond donors (Lipinski definition) is 0. The third-order valence-electron chi connectivity index (χ3n) is 8.09. The molecule has 8 aromatic carbocycles. The van der Waals surface area contributed by atoms with Crippen molar-refractivity contribution in [2.24, 2.45) is 0 Å². The van der Waals surface area contributed by atoms with Crippen LogP contribution < -0.4 is 0 Å². The molecule has 9 aromatic rings. The Morgan fingerprint density at radius 3 is 1.78 bits per heavy atom. The van der Waals surface area contributed by atoms with Crippen LogP contribution in [0.4, 0.5) is 0 Å². The number of furan rings is 1. The van der Waals surface area contributed by atoms with Gasteiger partial charge in [-0.25, -0.2) is 0 Å². The van der Waals surface area contributed by atoms with Gasteiger partial charge in [0.2, 0.25) is 0 Å². The Balaban J connectivity index is 1.45. The second-order valence-corrected chi connectivity index (χ2v) is 10.3. The van der Waals surface area contributed by atoms with Gasteiger partial charge in [0.15, 0.2) is 0 Å². The largest absolute Gasteiger partial charge is 0.455 e. The molecule has 0 radical (unpaired) electrons. The summed E-state index contributed by atoms with van der Waals surface area (Å²) in [5.74, 6) is 0. The smallest absolute Gasteiger partial charge is 0.143 e. The van der Waals surface area contributed by atoms with Gasteiger partial charge in [-0.2, -0.15) is 0 Å². The van der Waals surface area contributed by atoms with Crippen molar-refractivity contribution in [2.45, 2.75) is 0 Å². The maximum Gasteiger partial charge on any atom is 0.143 e. The third-order valence-corrected chi connectivity index (χ3v) is 8.09. The Hall–Kier alpha value is -5.40. The van der Waals surface area contributed by atoms with E-state index in [9.17, 15) is 2.74 Å². The molecule has 9 rings (SSSR count). The zero-order valence-electron chi connectivity index (χ0n) is 28.7. The SMILES string of the molecule is [2H]c1c([2H])c([2H])c2c([2H])c(-c3c4ccccc4c(-c4cccc5c4oc4c6ccccc6ccc54)c4ccccc34)c([2H])c([2H])c2c1[2H]. The van der Waals surface area contributed by atoms with E-state index in [1.807, 2.05) is 66.7 Å². The molecule has 0 atom stereocenters. The summed E-state index contributed by atoms with van der Waals surface area (Å²) in [6, 6.07) is 31.6. The fourth-order valence-electron chi connectivity index (χ4n) is 6.32. The Bertz CT molecular complexity index is 2810. The Labute approximate surface area is 246 Å². The minimum absolute atomic E-state index is 0.0616. The highest BCUT2D eigenvalue weighted by Crippen LogP contribution is 2.47. The molecule has 0 saturated carbocycles. The van der Waals surface area contributed by atoms with Gasteiger partial charge in [0.25, 0.3) is 0 Å². The standard InChI is InChI=1S/C40H24O/c1-2-12-27-24-28(21-20-25(27)10-1)37-30-14-5-7-16-32(30)38(33-17-8-6-15-31(33)37)36-19-9-18-34-35-23-22-26-11-3-4-13-29(26)39(35)41-40(34)36/h1-24H/i1D,2D,10D,12D,20D,21D,24D. The van der Waals surface area contributed by atoms with Crippen LogP contribution in [0.25, 0.3) is 87.3 Å².